The third kappa shape index (κ3) is 8.38. The highest BCUT2D eigenvalue weighted by Gasteiger charge is 2.61. The van der Waals surface area contributed by atoms with Crippen molar-refractivity contribution in [2.75, 3.05) is 0 Å². The van der Waals surface area contributed by atoms with E-state index in [2.05, 4.69) is 15.5 Å². The minimum absolute atomic E-state index is 1.69. The van der Waals surface area contributed by atoms with Crippen LogP contribution in [0.5, 0.6) is 0 Å². The average molecular weight is 393 g/mol. The van der Waals surface area contributed by atoms with Gasteiger partial charge in [0, 0.05) is 0 Å². The zero-order valence-electron chi connectivity index (χ0n) is 10.2. The van der Waals surface area contributed by atoms with Crippen LogP contribution in [0.25, 0.3) is 0 Å². The van der Waals surface area contributed by atoms with Crippen molar-refractivity contribution in [3.8, 4) is 0 Å². The molecule has 0 aliphatic heterocycles. The van der Waals surface area contributed by atoms with Crippen LogP contribution in [0, 0.1) is 0 Å². The quantitative estimate of drug-likeness (QED) is 0.384. The molecule has 0 fully saturated rings. The molecule has 0 rings (SSSR count). The van der Waals surface area contributed by atoms with Gasteiger partial charge in [-0.1, -0.05) is 0 Å². The zero-order valence-corrected chi connectivity index (χ0v) is 10.2. The van der Waals surface area contributed by atoms with Crippen LogP contribution < -0.4 is 5.90 Å². The zero-order chi connectivity index (χ0) is 19.6. The maximum Gasteiger partial charge on any atom is 0.529 e. The molecule has 0 unspecified atom stereocenters. The maximum atomic E-state index is 12.6. The van der Waals surface area contributed by atoms with Crippen molar-refractivity contribution in [1.82, 2.24) is 0 Å². The molecule has 0 radical (unpaired) electrons. The number of rotatable bonds is 8. The molecule has 0 saturated carbocycles. The van der Waals surface area contributed by atoms with E-state index in [1.165, 1.54) is 0 Å². The van der Waals surface area contributed by atoms with E-state index in [1.54, 1.807) is 4.74 Å². The van der Waals surface area contributed by atoms with Gasteiger partial charge in [-0.05, 0) is 0 Å². The third-order valence-electron chi connectivity index (χ3n) is 1.30. The van der Waals surface area contributed by atoms with Gasteiger partial charge in [0.15, 0.2) is 0 Å². The summed E-state index contributed by atoms with van der Waals surface area (Å²) in [7, 11) is 0. The normalized spacial score (nSPS) is 14.7. The fourth-order valence-electron chi connectivity index (χ4n) is 0.733. The second-order valence-electron chi connectivity index (χ2n) is 3.17. The van der Waals surface area contributed by atoms with Crippen molar-refractivity contribution in [3.05, 3.63) is 0 Å². The van der Waals surface area contributed by atoms with Gasteiger partial charge in [-0.3, -0.25) is 0 Å². The Morgan fingerprint density at radius 3 is 1.29 bits per heavy atom. The predicted molar refractivity (Wildman–Crippen MR) is 40.5 cm³/mol. The van der Waals surface area contributed by atoms with E-state index in [1.807, 2.05) is 9.47 Å². The summed E-state index contributed by atoms with van der Waals surface area (Å²) >= 11 is 0. The fourth-order valence-corrected chi connectivity index (χ4v) is 0.733. The highest BCUT2D eigenvalue weighted by Crippen LogP contribution is 2.39. The summed E-state index contributed by atoms with van der Waals surface area (Å²) in [5.41, 5.74) is 0. The number of halogens is 11. The van der Waals surface area contributed by atoms with Gasteiger partial charge < -0.3 is 4.84 Å². The molecule has 0 bridgehead atoms. The average Bonchev–Trinajstić information content (AvgIpc) is 2.18. The van der Waals surface area contributed by atoms with Crippen LogP contribution in [0.3, 0.4) is 0 Å². The van der Waals surface area contributed by atoms with Crippen LogP contribution in [0.4, 0.5) is 48.3 Å². The summed E-state index contributed by atoms with van der Waals surface area (Å²) in [6.45, 7) is 0. The first-order valence-electron chi connectivity index (χ1n) is 4.61. The summed E-state index contributed by atoms with van der Waals surface area (Å²) in [5, 5.41) is 0. The summed E-state index contributed by atoms with van der Waals surface area (Å²) in [6.07, 6.45) is -30.9. The highest BCUT2D eigenvalue weighted by molar-refractivity contribution is 5.75. The molecule has 0 saturated heterocycles. The molecule has 0 aromatic heterocycles. The molecular weight excluding hydrogens is 391 g/mol. The largest absolute Gasteiger partial charge is 0.529 e. The highest BCUT2D eigenvalue weighted by atomic mass is 19.4. The molecule has 24 heavy (non-hydrogen) atoms. The minimum atomic E-state index is -6.37. The van der Waals surface area contributed by atoms with E-state index in [0.29, 0.717) is 0 Å². The van der Waals surface area contributed by atoms with Crippen molar-refractivity contribution in [2.24, 2.45) is 5.90 Å². The molecule has 2 N–H and O–H groups in total. The van der Waals surface area contributed by atoms with Gasteiger partial charge in [0.25, 0.3) is 0 Å². The van der Waals surface area contributed by atoms with E-state index < -0.39 is 37.3 Å². The smallest absolute Gasteiger partial charge is 0.367 e. The number of nitrogens with two attached hydrogens (primary N) is 1. The standard InChI is InChI=1S/C6H2F11NO6/c7-2(8,1(19)20-18)21-4(12,13)23-6(16,17)24-5(14,15)22-3(9,10)11/h18H2. The first kappa shape index (κ1) is 22.5. The lowest BCUT2D eigenvalue weighted by Crippen LogP contribution is -2.48. The molecule has 0 amide bonds. The van der Waals surface area contributed by atoms with Gasteiger partial charge >= 0.3 is 37.3 Å². The van der Waals surface area contributed by atoms with Gasteiger partial charge in [0.1, 0.15) is 0 Å². The Hall–Kier alpha value is -1.50. The van der Waals surface area contributed by atoms with Crippen LogP contribution in [0.1, 0.15) is 0 Å². The van der Waals surface area contributed by atoms with Crippen molar-refractivity contribution >= 4 is 5.97 Å². The number of hydrogen-bond donors (Lipinski definition) is 1. The van der Waals surface area contributed by atoms with Crippen LogP contribution in [0.2, 0.25) is 0 Å². The molecule has 0 aromatic carbocycles. The van der Waals surface area contributed by atoms with E-state index in [-0.39, 0.29) is 0 Å². The Bertz CT molecular complexity index is 451. The lowest BCUT2D eigenvalue weighted by molar-refractivity contribution is -0.608. The molecule has 0 aromatic rings. The Morgan fingerprint density at radius 2 is 0.958 bits per heavy atom. The molecule has 18 heteroatoms. The van der Waals surface area contributed by atoms with Gasteiger partial charge in [-0.15, -0.1) is 39.5 Å². The van der Waals surface area contributed by atoms with Gasteiger partial charge in [0.2, 0.25) is 0 Å². The minimum Gasteiger partial charge on any atom is -0.367 e. The van der Waals surface area contributed by atoms with Crippen LogP contribution in [-0.2, 0) is 28.6 Å². The Morgan fingerprint density at radius 1 is 0.625 bits per heavy atom. The molecular formula is C6H2F11NO6. The molecule has 7 nitrogen and oxygen atoms in total. The predicted octanol–water partition coefficient (Wildman–Crippen LogP) is 2.23. The third-order valence-corrected chi connectivity index (χ3v) is 1.30. The molecule has 0 heterocycles. The second-order valence-corrected chi connectivity index (χ2v) is 3.17. The molecule has 144 valence electrons. The number of carbonyl (C=O) groups is 1. The molecule has 0 spiro atoms. The van der Waals surface area contributed by atoms with Crippen molar-refractivity contribution < 1.29 is 76.9 Å². The van der Waals surface area contributed by atoms with E-state index in [9.17, 15) is 53.1 Å². The molecule has 0 aliphatic rings. The maximum absolute atomic E-state index is 12.6. The van der Waals surface area contributed by atoms with Gasteiger partial charge in [-0.2, -0.15) is 19.4 Å². The second kappa shape index (κ2) is 6.78. The monoisotopic (exact) mass is 393 g/mol. The Labute approximate surface area is 121 Å². The van der Waals surface area contributed by atoms with Crippen molar-refractivity contribution in [2.45, 2.75) is 31.4 Å². The molecule has 0 atom stereocenters. The summed E-state index contributed by atoms with van der Waals surface area (Å²) < 4.78 is 142. The van der Waals surface area contributed by atoms with E-state index in [4.69, 9.17) is 0 Å². The summed E-state index contributed by atoms with van der Waals surface area (Å²) in [5.74, 6) is 0.801. The van der Waals surface area contributed by atoms with Crippen LogP contribution in [0.15, 0.2) is 0 Å². The SMILES string of the molecule is NOC(=O)C(F)(F)OC(F)(F)OC(F)(F)OC(F)(F)OC(F)(F)F. The first-order chi connectivity index (χ1) is 10.3. The van der Waals surface area contributed by atoms with Crippen molar-refractivity contribution in [3.63, 3.8) is 0 Å². The van der Waals surface area contributed by atoms with E-state index in [0.717, 1.165) is 0 Å². The first-order valence-corrected chi connectivity index (χ1v) is 4.61. The summed E-state index contributed by atoms with van der Waals surface area (Å²) in [4.78, 5) is 12.9. The lowest BCUT2D eigenvalue weighted by Gasteiger charge is -2.26. The van der Waals surface area contributed by atoms with Gasteiger partial charge in [-0.25, -0.2) is 19.0 Å². The van der Waals surface area contributed by atoms with Crippen LogP contribution in [-0.4, -0.2) is 37.3 Å². The fraction of sp³-hybridized carbons (Fsp3) is 0.833. The summed E-state index contributed by atoms with van der Waals surface area (Å²) in [6, 6.07) is 0. The number of alkyl halides is 11. The Kier molecular flexibility index (Phi) is 6.36. The molecule has 0 aliphatic carbocycles. The van der Waals surface area contributed by atoms with Crippen molar-refractivity contribution in [1.29, 1.82) is 0 Å². The number of hydrogen-bond acceptors (Lipinski definition) is 7. The van der Waals surface area contributed by atoms with Gasteiger partial charge in [0.05, 0.1) is 0 Å². The number of carbonyl (C=O) groups excluding carboxylic acids is 1. The number of ether oxygens (including phenoxy) is 4. The topological polar surface area (TPSA) is 89.2 Å². The van der Waals surface area contributed by atoms with Crippen LogP contribution >= 0.6 is 0 Å². The van der Waals surface area contributed by atoms with E-state index >= 15 is 0 Å². The Balaban J connectivity index is 5.04. The lowest BCUT2D eigenvalue weighted by atomic mass is 10.6.